The van der Waals surface area contributed by atoms with E-state index in [1.807, 2.05) is 0 Å². The molecule has 2 aromatic heterocycles. The fraction of sp³-hybridized carbons (Fsp3) is 0.364. The molecule has 10 nitrogen and oxygen atoms in total. The molecule has 0 aliphatic carbocycles. The number of nitrogens with one attached hydrogen (secondary N) is 2. The Hall–Kier alpha value is -1.40. The third-order valence-electron chi connectivity index (χ3n) is 4.54. The van der Waals surface area contributed by atoms with Crippen LogP contribution in [0.4, 0.5) is 0 Å². The average molecular weight is 633 g/mol. The van der Waals surface area contributed by atoms with Gasteiger partial charge in [0.1, 0.15) is 0 Å². The SMILES string of the molecule is N[C@@H](CS)C(=O)SSCCNC(=O)c1ccc(-c2ccc(C(=O)NCCSSC(=O)[C@@H](N)CS)cn2)nc1. The minimum absolute atomic E-state index is 0.146. The molecule has 2 rings (SSSR count). The van der Waals surface area contributed by atoms with Gasteiger partial charge in [-0.25, -0.2) is 0 Å². The monoisotopic (exact) mass is 632 g/mol. The van der Waals surface area contributed by atoms with E-state index in [1.54, 1.807) is 24.3 Å². The van der Waals surface area contributed by atoms with E-state index in [-0.39, 0.29) is 22.0 Å². The van der Waals surface area contributed by atoms with E-state index in [4.69, 9.17) is 11.5 Å². The van der Waals surface area contributed by atoms with Crippen LogP contribution in [0.2, 0.25) is 0 Å². The van der Waals surface area contributed by atoms with Gasteiger partial charge in [0, 0.05) is 48.5 Å². The lowest BCUT2D eigenvalue weighted by atomic mass is 10.1. The average Bonchev–Trinajstić information content (AvgIpc) is 2.95. The van der Waals surface area contributed by atoms with E-state index in [0.717, 1.165) is 21.6 Å². The Morgan fingerprint density at radius 2 is 1.13 bits per heavy atom. The molecule has 0 bridgehead atoms. The van der Waals surface area contributed by atoms with Gasteiger partial charge in [0.15, 0.2) is 0 Å². The third-order valence-corrected chi connectivity index (χ3v) is 9.93. The molecule has 2 heterocycles. The minimum atomic E-state index is -0.598. The molecule has 0 saturated heterocycles. The first kappa shape index (κ1) is 32.8. The van der Waals surface area contributed by atoms with Crippen molar-refractivity contribution in [2.45, 2.75) is 12.1 Å². The standard InChI is InChI=1S/C22H28N6O4S6/c23-15(11-33)21(31)37-35-7-5-25-19(29)13-1-3-17(27-9-13)18-4-2-14(10-28-18)20(30)26-6-8-36-38-22(32)16(24)12-34/h1-4,9-10,15-16,33-34H,5-8,11-12,23-24H2,(H,25,29)(H,26,30)/t15-,16-/m0/s1. The number of rotatable bonds is 15. The largest absolute Gasteiger partial charge is 0.351 e. The van der Waals surface area contributed by atoms with E-state index >= 15 is 0 Å². The Morgan fingerprint density at radius 1 is 0.737 bits per heavy atom. The number of aromatic nitrogens is 2. The highest BCUT2D eigenvalue weighted by molar-refractivity contribution is 8.82. The number of hydrogen-bond donors (Lipinski definition) is 6. The van der Waals surface area contributed by atoms with Crippen LogP contribution < -0.4 is 22.1 Å². The summed E-state index contributed by atoms with van der Waals surface area (Å²) >= 11 is 7.98. The van der Waals surface area contributed by atoms with Crippen LogP contribution in [0.25, 0.3) is 11.4 Å². The van der Waals surface area contributed by atoms with Crippen LogP contribution in [0.15, 0.2) is 36.7 Å². The molecule has 0 aliphatic heterocycles. The van der Waals surface area contributed by atoms with Gasteiger partial charge in [0.05, 0.1) is 34.6 Å². The Morgan fingerprint density at radius 3 is 1.45 bits per heavy atom. The normalized spacial score (nSPS) is 12.4. The van der Waals surface area contributed by atoms with Gasteiger partial charge in [0.25, 0.3) is 11.8 Å². The first-order valence-electron chi connectivity index (χ1n) is 11.1. The first-order chi connectivity index (χ1) is 18.3. The quantitative estimate of drug-likeness (QED) is 0.0960. The molecule has 2 atom stereocenters. The predicted octanol–water partition coefficient (Wildman–Crippen LogP) is 1.93. The molecule has 2 amide bonds. The molecule has 0 unspecified atom stereocenters. The summed E-state index contributed by atoms with van der Waals surface area (Å²) in [5.74, 6) is 1.10. The summed E-state index contributed by atoms with van der Waals surface area (Å²) in [6.07, 6.45) is 2.90. The van der Waals surface area contributed by atoms with Crippen LogP contribution in [0, 0.1) is 0 Å². The topological polar surface area (TPSA) is 170 Å². The highest BCUT2D eigenvalue weighted by Crippen LogP contribution is 2.23. The van der Waals surface area contributed by atoms with Gasteiger partial charge in [-0.2, -0.15) is 25.3 Å². The number of nitrogens with zero attached hydrogens (tertiary/aromatic N) is 2. The second kappa shape index (κ2) is 18.0. The second-order valence-corrected chi connectivity index (χ2v) is 13.0. The van der Waals surface area contributed by atoms with Gasteiger partial charge in [-0.1, -0.05) is 21.6 Å². The molecule has 0 aromatic carbocycles. The number of nitrogens with two attached hydrogens (primary N) is 2. The van der Waals surface area contributed by atoms with Crippen molar-refractivity contribution in [3.8, 4) is 11.4 Å². The zero-order valence-electron chi connectivity index (χ0n) is 20.1. The first-order valence-corrected chi connectivity index (χ1v) is 17.1. The number of amides is 2. The summed E-state index contributed by atoms with van der Waals surface area (Å²) < 4.78 is 0. The number of pyridine rings is 2. The Labute approximate surface area is 247 Å². The molecule has 2 aromatic rings. The van der Waals surface area contributed by atoms with Crippen LogP contribution >= 0.6 is 68.4 Å². The lowest BCUT2D eigenvalue weighted by molar-refractivity contribution is -0.112. The van der Waals surface area contributed by atoms with Gasteiger partial charge in [-0.3, -0.25) is 29.1 Å². The van der Waals surface area contributed by atoms with Crippen molar-refractivity contribution in [3.05, 3.63) is 47.8 Å². The maximum atomic E-state index is 12.3. The number of carbonyl (C=O) groups excluding carboxylic acids is 4. The van der Waals surface area contributed by atoms with Crippen LogP contribution in [-0.2, 0) is 9.59 Å². The van der Waals surface area contributed by atoms with Gasteiger partial charge in [-0.05, 0) is 45.9 Å². The molecule has 16 heteroatoms. The van der Waals surface area contributed by atoms with E-state index in [9.17, 15) is 19.2 Å². The van der Waals surface area contributed by atoms with Crippen molar-refractivity contribution < 1.29 is 19.2 Å². The summed E-state index contributed by atoms with van der Waals surface area (Å²) in [6.45, 7) is 0.763. The molecule has 6 N–H and O–H groups in total. The Bertz CT molecular complexity index is 992. The second-order valence-electron chi connectivity index (χ2n) is 7.40. The summed E-state index contributed by atoms with van der Waals surface area (Å²) in [5, 5.41) is 5.26. The fourth-order valence-electron chi connectivity index (χ4n) is 2.45. The fourth-order valence-corrected chi connectivity index (χ4v) is 6.65. The number of thiol groups is 2. The van der Waals surface area contributed by atoms with E-state index in [2.05, 4.69) is 45.9 Å². The highest BCUT2D eigenvalue weighted by Gasteiger charge is 2.14. The van der Waals surface area contributed by atoms with Gasteiger partial charge in [-0.15, -0.1) is 0 Å². The van der Waals surface area contributed by atoms with Gasteiger partial charge >= 0.3 is 0 Å². The van der Waals surface area contributed by atoms with Crippen LogP contribution in [0.5, 0.6) is 0 Å². The van der Waals surface area contributed by atoms with Crippen molar-refractivity contribution in [3.63, 3.8) is 0 Å². The van der Waals surface area contributed by atoms with Gasteiger partial charge in [0.2, 0.25) is 10.2 Å². The maximum Gasteiger partial charge on any atom is 0.252 e. The smallest absolute Gasteiger partial charge is 0.252 e. The summed E-state index contributed by atoms with van der Waals surface area (Å²) in [4.78, 5) is 56.5. The van der Waals surface area contributed by atoms with Crippen molar-refractivity contribution in [2.75, 3.05) is 36.1 Å². The molecule has 206 valence electrons. The van der Waals surface area contributed by atoms with Crippen LogP contribution in [0.3, 0.4) is 0 Å². The Kier molecular flexibility index (Phi) is 15.6. The zero-order chi connectivity index (χ0) is 27.9. The molecule has 0 aliphatic rings. The zero-order valence-corrected chi connectivity index (χ0v) is 25.1. The number of hydrogen-bond acceptors (Lipinski definition) is 14. The van der Waals surface area contributed by atoms with Crippen molar-refractivity contribution in [1.82, 2.24) is 20.6 Å². The summed E-state index contributed by atoms with van der Waals surface area (Å²) in [7, 11) is 4.75. The summed E-state index contributed by atoms with van der Waals surface area (Å²) in [6, 6.07) is 5.43. The molecule has 0 radical (unpaired) electrons. The molecule has 0 saturated carbocycles. The Balaban J connectivity index is 1.75. The molecule has 0 spiro atoms. The number of carbonyl (C=O) groups is 4. The van der Waals surface area contributed by atoms with E-state index in [1.165, 1.54) is 34.0 Å². The minimum Gasteiger partial charge on any atom is -0.351 e. The van der Waals surface area contributed by atoms with E-state index in [0.29, 0.717) is 58.6 Å². The molecular formula is C22H28N6O4S6. The van der Waals surface area contributed by atoms with Crippen molar-refractivity contribution in [1.29, 1.82) is 0 Å². The highest BCUT2D eigenvalue weighted by atomic mass is 33.1. The van der Waals surface area contributed by atoms with Gasteiger partial charge < -0.3 is 22.1 Å². The molecule has 0 fully saturated rings. The lowest BCUT2D eigenvalue weighted by Gasteiger charge is -2.08. The molecule has 38 heavy (non-hydrogen) atoms. The molecular weight excluding hydrogens is 605 g/mol. The van der Waals surface area contributed by atoms with Crippen molar-refractivity contribution in [2.24, 2.45) is 11.5 Å². The third kappa shape index (κ3) is 11.4. The van der Waals surface area contributed by atoms with Crippen LogP contribution in [-0.4, -0.2) is 80.2 Å². The van der Waals surface area contributed by atoms with Crippen LogP contribution in [0.1, 0.15) is 20.7 Å². The van der Waals surface area contributed by atoms with E-state index < -0.39 is 12.1 Å². The van der Waals surface area contributed by atoms with Crippen molar-refractivity contribution >= 4 is 90.5 Å². The maximum absolute atomic E-state index is 12.3. The lowest BCUT2D eigenvalue weighted by Crippen LogP contribution is -2.29. The summed E-state index contributed by atoms with van der Waals surface area (Å²) in [5.41, 5.74) is 13.1. The predicted molar refractivity (Wildman–Crippen MR) is 166 cm³/mol.